The normalized spacial score (nSPS) is 17.7. The van der Waals surface area contributed by atoms with Crippen molar-refractivity contribution in [1.29, 1.82) is 0 Å². The lowest BCUT2D eigenvalue weighted by Gasteiger charge is -2.31. The van der Waals surface area contributed by atoms with Crippen molar-refractivity contribution in [2.45, 2.75) is 18.9 Å². The molecule has 0 aliphatic carbocycles. The third-order valence-electron chi connectivity index (χ3n) is 2.95. The fourth-order valence-corrected chi connectivity index (χ4v) is 1.95. The van der Waals surface area contributed by atoms with Gasteiger partial charge in [0.15, 0.2) is 0 Å². The summed E-state index contributed by atoms with van der Waals surface area (Å²) < 4.78 is 4.88. The molecule has 0 spiro atoms. The van der Waals surface area contributed by atoms with Crippen molar-refractivity contribution in [3.8, 4) is 0 Å². The molecule has 1 rings (SSSR count). The van der Waals surface area contributed by atoms with Crippen LogP contribution in [0.15, 0.2) is 0 Å². The van der Waals surface area contributed by atoms with Crippen molar-refractivity contribution < 1.29 is 9.53 Å². The molecular formula is C11H23N3O2. The van der Waals surface area contributed by atoms with E-state index < -0.39 is 0 Å². The van der Waals surface area contributed by atoms with Gasteiger partial charge in [-0.1, -0.05) is 0 Å². The Balaban J connectivity index is 2.16. The van der Waals surface area contributed by atoms with Crippen LogP contribution in [0, 0.1) is 0 Å². The second kappa shape index (κ2) is 7.60. The van der Waals surface area contributed by atoms with E-state index in [1.807, 2.05) is 7.05 Å². The zero-order chi connectivity index (χ0) is 11.8. The van der Waals surface area contributed by atoms with Crippen LogP contribution in [0.2, 0.25) is 0 Å². The second-order valence-corrected chi connectivity index (χ2v) is 4.24. The Morgan fingerprint density at radius 3 is 2.81 bits per heavy atom. The fraction of sp³-hybridized carbons (Fsp3) is 0.909. The van der Waals surface area contributed by atoms with E-state index in [0.29, 0.717) is 25.7 Å². The van der Waals surface area contributed by atoms with Gasteiger partial charge in [0.05, 0.1) is 13.2 Å². The van der Waals surface area contributed by atoms with Crippen LogP contribution >= 0.6 is 0 Å². The largest absolute Gasteiger partial charge is 0.383 e. The average molecular weight is 229 g/mol. The molecule has 1 fully saturated rings. The van der Waals surface area contributed by atoms with Crippen LogP contribution < -0.4 is 10.6 Å². The van der Waals surface area contributed by atoms with Gasteiger partial charge in [0.2, 0.25) is 5.91 Å². The van der Waals surface area contributed by atoms with Gasteiger partial charge in [-0.05, 0) is 33.0 Å². The molecule has 5 nitrogen and oxygen atoms in total. The molecule has 0 aromatic rings. The van der Waals surface area contributed by atoms with Crippen LogP contribution in [0.3, 0.4) is 0 Å². The lowest BCUT2D eigenvalue weighted by atomic mass is 10.1. The minimum atomic E-state index is 0.0816. The number of ether oxygens (including phenoxy) is 1. The summed E-state index contributed by atoms with van der Waals surface area (Å²) in [7, 11) is 3.65. The summed E-state index contributed by atoms with van der Waals surface area (Å²) in [5, 5.41) is 6.15. The van der Waals surface area contributed by atoms with Crippen molar-refractivity contribution in [2.75, 3.05) is 46.9 Å². The van der Waals surface area contributed by atoms with Gasteiger partial charge in [0.25, 0.3) is 0 Å². The molecule has 1 aliphatic heterocycles. The molecule has 0 radical (unpaired) electrons. The minimum Gasteiger partial charge on any atom is -0.383 e. The summed E-state index contributed by atoms with van der Waals surface area (Å²) in [4.78, 5) is 13.7. The van der Waals surface area contributed by atoms with Crippen molar-refractivity contribution in [2.24, 2.45) is 0 Å². The van der Waals surface area contributed by atoms with Crippen molar-refractivity contribution >= 4 is 5.91 Å². The Kier molecular flexibility index (Phi) is 6.37. The lowest BCUT2D eigenvalue weighted by molar-refractivity contribution is -0.122. The van der Waals surface area contributed by atoms with Gasteiger partial charge in [-0.25, -0.2) is 0 Å². The van der Waals surface area contributed by atoms with Crippen LogP contribution in [0.1, 0.15) is 12.8 Å². The highest BCUT2D eigenvalue weighted by Crippen LogP contribution is 2.08. The zero-order valence-corrected chi connectivity index (χ0v) is 10.3. The van der Waals surface area contributed by atoms with Gasteiger partial charge in [-0.3, -0.25) is 9.69 Å². The molecule has 0 aromatic carbocycles. The monoisotopic (exact) mass is 229 g/mol. The Labute approximate surface area is 97.5 Å². The van der Waals surface area contributed by atoms with E-state index in [1.165, 1.54) is 0 Å². The molecule has 94 valence electrons. The summed E-state index contributed by atoms with van der Waals surface area (Å²) in [6, 6.07) is 0.537. The first kappa shape index (κ1) is 13.4. The number of likely N-dealkylation sites (N-methyl/N-ethyl adjacent to an activating group) is 1. The highest BCUT2D eigenvalue weighted by Gasteiger charge is 2.19. The van der Waals surface area contributed by atoms with E-state index >= 15 is 0 Å². The van der Waals surface area contributed by atoms with Crippen LogP contribution in [0.25, 0.3) is 0 Å². The van der Waals surface area contributed by atoms with Gasteiger partial charge in [-0.15, -0.1) is 0 Å². The SMILES string of the molecule is COCCNC(=O)CN(C)C1CCNCC1. The number of carbonyl (C=O) groups is 1. The predicted molar refractivity (Wildman–Crippen MR) is 63.4 cm³/mol. The van der Waals surface area contributed by atoms with Crippen LogP contribution in [-0.2, 0) is 9.53 Å². The molecule has 0 unspecified atom stereocenters. The van der Waals surface area contributed by atoms with E-state index in [0.717, 1.165) is 25.9 Å². The van der Waals surface area contributed by atoms with E-state index in [4.69, 9.17) is 4.74 Å². The maximum Gasteiger partial charge on any atom is 0.234 e. The van der Waals surface area contributed by atoms with Crippen LogP contribution in [-0.4, -0.2) is 63.8 Å². The number of hydrogen-bond acceptors (Lipinski definition) is 4. The maximum atomic E-state index is 11.5. The average Bonchev–Trinajstić information content (AvgIpc) is 2.30. The first-order chi connectivity index (χ1) is 7.74. The van der Waals surface area contributed by atoms with E-state index in [9.17, 15) is 4.79 Å². The lowest BCUT2D eigenvalue weighted by Crippen LogP contribution is -2.45. The third-order valence-corrected chi connectivity index (χ3v) is 2.95. The van der Waals surface area contributed by atoms with E-state index in [1.54, 1.807) is 7.11 Å². The Morgan fingerprint density at radius 1 is 1.50 bits per heavy atom. The summed E-state index contributed by atoms with van der Waals surface area (Å²) in [5.74, 6) is 0.0816. The van der Waals surface area contributed by atoms with Gasteiger partial charge < -0.3 is 15.4 Å². The third kappa shape index (κ3) is 4.92. The highest BCUT2D eigenvalue weighted by molar-refractivity contribution is 5.77. The molecule has 2 N–H and O–H groups in total. The molecule has 0 saturated carbocycles. The molecule has 0 bridgehead atoms. The highest BCUT2D eigenvalue weighted by atomic mass is 16.5. The molecular weight excluding hydrogens is 206 g/mol. The quantitative estimate of drug-likeness (QED) is 0.599. The van der Waals surface area contributed by atoms with Crippen molar-refractivity contribution in [1.82, 2.24) is 15.5 Å². The number of methoxy groups -OCH3 is 1. The molecule has 5 heteroatoms. The zero-order valence-electron chi connectivity index (χ0n) is 10.3. The summed E-state index contributed by atoms with van der Waals surface area (Å²) >= 11 is 0. The molecule has 16 heavy (non-hydrogen) atoms. The summed E-state index contributed by atoms with van der Waals surface area (Å²) in [5.41, 5.74) is 0. The van der Waals surface area contributed by atoms with Crippen LogP contribution in [0.4, 0.5) is 0 Å². The van der Waals surface area contributed by atoms with E-state index in [2.05, 4.69) is 15.5 Å². The standard InChI is InChI=1S/C11H23N3O2/c1-14(10-3-5-12-6-4-10)9-11(15)13-7-8-16-2/h10,12H,3-9H2,1-2H3,(H,13,15). The minimum absolute atomic E-state index is 0.0816. The first-order valence-corrected chi connectivity index (χ1v) is 5.90. The number of rotatable bonds is 6. The first-order valence-electron chi connectivity index (χ1n) is 5.90. The molecule has 0 aromatic heterocycles. The van der Waals surface area contributed by atoms with Gasteiger partial charge in [0, 0.05) is 19.7 Å². The van der Waals surface area contributed by atoms with E-state index in [-0.39, 0.29) is 5.91 Å². The number of hydrogen-bond donors (Lipinski definition) is 2. The predicted octanol–water partition coefficient (Wildman–Crippen LogP) is -0.567. The number of nitrogens with one attached hydrogen (secondary N) is 2. The number of piperidine rings is 1. The van der Waals surface area contributed by atoms with Gasteiger partial charge in [0.1, 0.15) is 0 Å². The number of amides is 1. The Hall–Kier alpha value is -0.650. The molecule has 1 saturated heterocycles. The molecule has 1 aliphatic rings. The van der Waals surface area contributed by atoms with Gasteiger partial charge in [-0.2, -0.15) is 0 Å². The maximum absolute atomic E-state index is 11.5. The van der Waals surface area contributed by atoms with Gasteiger partial charge >= 0.3 is 0 Å². The fourth-order valence-electron chi connectivity index (χ4n) is 1.95. The second-order valence-electron chi connectivity index (χ2n) is 4.24. The summed E-state index contributed by atoms with van der Waals surface area (Å²) in [6.45, 7) is 3.76. The smallest absolute Gasteiger partial charge is 0.234 e. The Morgan fingerprint density at radius 2 is 2.19 bits per heavy atom. The van der Waals surface area contributed by atoms with Crippen molar-refractivity contribution in [3.63, 3.8) is 0 Å². The Bertz CT molecular complexity index is 205. The van der Waals surface area contributed by atoms with Crippen LogP contribution in [0.5, 0.6) is 0 Å². The molecule has 1 heterocycles. The molecule has 1 amide bonds. The number of nitrogens with zero attached hydrogens (tertiary/aromatic N) is 1. The number of carbonyl (C=O) groups excluding carboxylic acids is 1. The summed E-state index contributed by atoms with van der Waals surface area (Å²) in [6.07, 6.45) is 2.25. The molecule has 0 atom stereocenters. The van der Waals surface area contributed by atoms with Crippen molar-refractivity contribution in [3.05, 3.63) is 0 Å². The topological polar surface area (TPSA) is 53.6 Å².